The number of aryl methyl sites for hydroxylation is 1. The number of aromatic nitrogens is 2. The van der Waals surface area contributed by atoms with Crippen LogP contribution in [0.4, 0.5) is 0 Å². The zero-order valence-electron chi connectivity index (χ0n) is 11.9. The molecule has 1 aliphatic carbocycles. The Morgan fingerprint density at radius 3 is 2.94 bits per heavy atom. The minimum Gasteiger partial charge on any atom is -0.317 e. The maximum Gasteiger partial charge on any atom is 0.0524 e. The number of hydrogen-bond acceptors (Lipinski definition) is 2. The molecule has 102 valence electrons. The molecule has 0 saturated heterocycles. The van der Waals surface area contributed by atoms with Gasteiger partial charge in [0, 0.05) is 12.7 Å². The molecule has 0 bridgehead atoms. The van der Waals surface area contributed by atoms with Crippen LogP contribution in [0.5, 0.6) is 0 Å². The Balaban J connectivity index is 2.02. The Morgan fingerprint density at radius 1 is 1.33 bits per heavy atom. The van der Waals surface area contributed by atoms with Crippen LogP contribution in [0.15, 0.2) is 12.4 Å². The Labute approximate surface area is 111 Å². The zero-order chi connectivity index (χ0) is 12.8. The molecule has 0 aromatic carbocycles. The predicted molar refractivity (Wildman–Crippen MR) is 75.8 cm³/mol. The molecule has 1 saturated carbocycles. The highest BCUT2D eigenvalue weighted by atomic mass is 15.3. The molecule has 2 atom stereocenters. The second-order valence-electron chi connectivity index (χ2n) is 5.50. The Morgan fingerprint density at radius 2 is 2.17 bits per heavy atom. The quantitative estimate of drug-likeness (QED) is 0.839. The van der Waals surface area contributed by atoms with Crippen molar-refractivity contribution in [2.45, 2.75) is 58.4 Å². The zero-order valence-corrected chi connectivity index (χ0v) is 11.9. The van der Waals surface area contributed by atoms with Gasteiger partial charge in [-0.1, -0.05) is 26.7 Å². The van der Waals surface area contributed by atoms with Crippen molar-refractivity contribution in [3.8, 4) is 0 Å². The molecule has 2 unspecified atom stereocenters. The lowest BCUT2D eigenvalue weighted by atomic mass is 9.76. The fourth-order valence-electron chi connectivity index (χ4n) is 3.14. The Bertz CT molecular complexity index is 345. The molecule has 1 heterocycles. The summed E-state index contributed by atoms with van der Waals surface area (Å²) >= 11 is 0. The van der Waals surface area contributed by atoms with Gasteiger partial charge < -0.3 is 5.32 Å². The van der Waals surface area contributed by atoms with Gasteiger partial charge in [0.2, 0.25) is 0 Å². The van der Waals surface area contributed by atoms with Crippen LogP contribution in [0.25, 0.3) is 0 Å². The summed E-state index contributed by atoms with van der Waals surface area (Å²) in [4.78, 5) is 0. The number of rotatable bonds is 6. The maximum atomic E-state index is 4.49. The third-order valence-corrected chi connectivity index (χ3v) is 4.10. The molecule has 0 spiro atoms. The van der Waals surface area contributed by atoms with Crippen molar-refractivity contribution >= 4 is 0 Å². The third-order valence-electron chi connectivity index (χ3n) is 4.10. The first kappa shape index (κ1) is 13.6. The average Bonchev–Trinajstić information content (AvgIpc) is 2.86. The van der Waals surface area contributed by atoms with Gasteiger partial charge in [0.15, 0.2) is 0 Å². The second-order valence-corrected chi connectivity index (χ2v) is 5.50. The van der Waals surface area contributed by atoms with Crippen LogP contribution in [0.2, 0.25) is 0 Å². The lowest BCUT2D eigenvalue weighted by Gasteiger charge is -2.31. The van der Waals surface area contributed by atoms with Gasteiger partial charge in [-0.05, 0) is 49.8 Å². The van der Waals surface area contributed by atoms with Crippen LogP contribution in [0.1, 0.15) is 57.4 Å². The normalized spacial score (nSPS) is 24.3. The van der Waals surface area contributed by atoms with E-state index in [-0.39, 0.29) is 0 Å². The highest BCUT2D eigenvalue weighted by Crippen LogP contribution is 2.37. The lowest BCUT2D eigenvalue weighted by molar-refractivity contribution is 0.297. The van der Waals surface area contributed by atoms with Crippen molar-refractivity contribution in [1.82, 2.24) is 15.1 Å². The summed E-state index contributed by atoms with van der Waals surface area (Å²) in [6.07, 6.45) is 11.0. The van der Waals surface area contributed by atoms with Gasteiger partial charge in [0.25, 0.3) is 0 Å². The molecular weight excluding hydrogens is 222 g/mol. The van der Waals surface area contributed by atoms with E-state index in [1.165, 1.54) is 37.8 Å². The Kier molecular flexibility index (Phi) is 5.24. The van der Waals surface area contributed by atoms with Gasteiger partial charge >= 0.3 is 0 Å². The molecule has 0 aliphatic heterocycles. The van der Waals surface area contributed by atoms with E-state index in [1.54, 1.807) is 0 Å². The second kappa shape index (κ2) is 6.93. The molecule has 18 heavy (non-hydrogen) atoms. The molecule has 3 heteroatoms. The highest BCUT2D eigenvalue weighted by Gasteiger charge is 2.26. The van der Waals surface area contributed by atoms with Crippen LogP contribution in [0, 0.1) is 5.92 Å². The van der Waals surface area contributed by atoms with Gasteiger partial charge in [-0.2, -0.15) is 5.10 Å². The van der Waals surface area contributed by atoms with E-state index in [9.17, 15) is 0 Å². The first-order valence-electron chi connectivity index (χ1n) is 7.58. The molecule has 0 radical (unpaired) electrons. The van der Waals surface area contributed by atoms with E-state index in [0.29, 0.717) is 0 Å². The monoisotopic (exact) mass is 249 g/mol. The minimum atomic E-state index is 0.725. The van der Waals surface area contributed by atoms with Gasteiger partial charge in [-0.25, -0.2) is 0 Å². The van der Waals surface area contributed by atoms with Gasteiger partial charge in [0.1, 0.15) is 0 Å². The lowest BCUT2D eigenvalue weighted by Crippen LogP contribution is -2.29. The van der Waals surface area contributed by atoms with Crippen LogP contribution >= 0.6 is 0 Å². The highest BCUT2D eigenvalue weighted by molar-refractivity contribution is 5.14. The van der Waals surface area contributed by atoms with Crippen molar-refractivity contribution in [3.63, 3.8) is 0 Å². The van der Waals surface area contributed by atoms with Crippen molar-refractivity contribution in [2.75, 3.05) is 13.1 Å². The molecule has 0 amide bonds. The minimum absolute atomic E-state index is 0.725. The smallest absolute Gasteiger partial charge is 0.0524 e. The summed E-state index contributed by atoms with van der Waals surface area (Å²) in [7, 11) is 0. The van der Waals surface area contributed by atoms with Gasteiger partial charge in [0.05, 0.1) is 6.20 Å². The van der Waals surface area contributed by atoms with Crippen LogP contribution in [0.3, 0.4) is 0 Å². The van der Waals surface area contributed by atoms with Crippen molar-refractivity contribution in [1.29, 1.82) is 0 Å². The summed E-state index contributed by atoms with van der Waals surface area (Å²) in [6.45, 7) is 7.69. The molecule has 2 rings (SSSR count). The van der Waals surface area contributed by atoms with E-state index in [2.05, 4.69) is 41.3 Å². The Hall–Kier alpha value is -0.830. The molecule has 1 aromatic rings. The fourth-order valence-corrected chi connectivity index (χ4v) is 3.14. The third kappa shape index (κ3) is 3.35. The first-order chi connectivity index (χ1) is 8.85. The number of nitrogens with zero attached hydrogens (tertiary/aromatic N) is 2. The summed E-state index contributed by atoms with van der Waals surface area (Å²) in [5.74, 6) is 1.53. The summed E-state index contributed by atoms with van der Waals surface area (Å²) in [6, 6.07) is 0. The maximum absolute atomic E-state index is 4.49. The van der Waals surface area contributed by atoms with E-state index < -0.39 is 0 Å². The first-order valence-corrected chi connectivity index (χ1v) is 7.58. The topological polar surface area (TPSA) is 29.9 Å². The predicted octanol–water partition coefficient (Wildman–Crippen LogP) is 3.18. The largest absolute Gasteiger partial charge is 0.317 e. The number of hydrogen-bond donors (Lipinski definition) is 1. The summed E-state index contributed by atoms with van der Waals surface area (Å²) in [5.41, 5.74) is 1.46. The molecule has 1 aliphatic rings. The molecular formula is C15H27N3. The fraction of sp³-hybridized carbons (Fsp3) is 0.800. The molecule has 1 aromatic heterocycles. The van der Waals surface area contributed by atoms with Gasteiger partial charge in [-0.15, -0.1) is 0 Å². The van der Waals surface area contributed by atoms with Crippen LogP contribution < -0.4 is 5.32 Å². The average molecular weight is 249 g/mol. The van der Waals surface area contributed by atoms with Crippen LogP contribution in [-0.2, 0) is 6.54 Å². The van der Waals surface area contributed by atoms with Gasteiger partial charge in [-0.3, -0.25) is 4.68 Å². The standard InChI is InChI=1S/C15H27N3/c1-3-9-18-12-14(11-17-18)15-8-6-5-7-13(15)10-16-4-2/h11-13,15-16H,3-10H2,1-2H3. The summed E-state index contributed by atoms with van der Waals surface area (Å²) in [5, 5.41) is 8.01. The van der Waals surface area contributed by atoms with Crippen molar-refractivity contribution in [2.24, 2.45) is 5.92 Å². The number of nitrogens with one attached hydrogen (secondary N) is 1. The van der Waals surface area contributed by atoms with E-state index >= 15 is 0 Å². The van der Waals surface area contributed by atoms with Crippen LogP contribution in [-0.4, -0.2) is 22.9 Å². The summed E-state index contributed by atoms with van der Waals surface area (Å²) < 4.78 is 2.11. The van der Waals surface area contributed by atoms with Crippen molar-refractivity contribution in [3.05, 3.63) is 18.0 Å². The SMILES string of the molecule is CCCn1cc(C2CCCCC2CNCC)cn1. The molecule has 3 nitrogen and oxygen atoms in total. The van der Waals surface area contributed by atoms with E-state index in [0.717, 1.165) is 31.3 Å². The molecule has 1 fully saturated rings. The van der Waals surface area contributed by atoms with E-state index in [1.807, 2.05) is 0 Å². The van der Waals surface area contributed by atoms with E-state index in [4.69, 9.17) is 0 Å². The van der Waals surface area contributed by atoms with Crippen molar-refractivity contribution < 1.29 is 0 Å². The molecule has 1 N–H and O–H groups in total.